The summed E-state index contributed by atoms with van der Waals surface area (Å²) in [4.78, 5) is 30.3. The number of anilines is 1. The number of aromatic nitrogens is 2. The minimum atomic E-state index is -0.412. The third-order valence-electron chi connectivity index (χ3n) is 5.61. The van der Waals surface area contributed by atoms with Gasteiger partial charge in [-0.3, -0.25) is 9.59 Å². The number of ether oxygens (including phenoxy) is 1. The van der Waals surface area contributed by atoms with Crippen molar-refractivity contribution >= 4 is 35.1 Å². The predicted molar refractivity (Wildman–Crippen MR) is 132 cm³/mol. The Kier molecular flexibility index (Phi) is 7.40. The van der Waals surface area contributed by atoms with Crippen LogP contribution in [-0.2, 0) is 17.6 Å². The van der Waals surface area contributed by atoms with Crippen LogP contribution in [0, 0.1) is 0 Å². The fourth-order valence-electron chi connectivity index (χ4n) is 3.93. The second-order valence-electron chi connectivity index (χ2n) is 7.98. The molecule has 8 heteroatoms. The summed E-state index contributed by atoms with van der Waals surface area (Å²) >= 11 is 7.51. The molecule has 33 heavy (non-hydrogen) atoms. The van der Waals surface area contributed by atoms with Crippen molar-refractivity contribution in [1.29, 1.82) is 0 Å². The molecule has 1 aliphatic rings. The van der Waals surface area contributed by atoms with Gasteiger partial charge in [0.1, 0.15) is 11.6 Å². The Morgan fingerprint density at radius 3 is 2.82 bits per heavy atom. The van der Waals surface area contributed by atoms with Crippen LogP contribution in [0.2, 0.25) is 5.02 Å². The smallest absolute Gasteiger partial charge is 0.279 e. The molecule has 1 N–H and O–H groups in total. The molecule has 0 bridgehead atoms. The number of carbonyl (C=O) groups excluding carboxylic acids is 1. The first-order chi connectivity index (χ1) is 16.0. The number of rotatable bonds is 8. The summed E-state index contributed by atoms with van der Waals surface area (Å²) < 4.78 is 7.78. The zero-order valence-corrected chi connectivity index (χ0v) is 20.2. The number of hydrogen-bond donors (Lipinski definition) is 1. The molecule has 0 spiro atoms. The SMILES string of the molecule is CCCCOc1ccccc1[C@@H]1CC(=O)Nc2c1c(=O)nc(SCc1cccc(Cl)c1)n2C. The quantitative estimate of drug-likeness (QED) is 0.264. The number of para-hydroxylation sites is 1. The Bertz CT molecular complexity index is 1230. The molecule has 1 aromatic heterocycles. The van der Waals surface area contributed by atoms with Crippen molar-refractivity contribution in [1.82, 2.24) is 9.55 Å². The Labute approximate surface area is 202 Å². The molecule has 172 valence electrons. The van der Waals surface area contributed by atoms with Gasteiger partial charge in [-0.1, -0.05) is 67.0 Å². The largest absolute Gasteiger partial charge is 0.493 e. The predicted octanol–water partition coefficient (Wildman–Crippen LogP) is 5.38. The fourth-order valence-corrected chi connectivity index (χ4v) is 5.05. The first-order valence-electron chi connectivity index (χ1n) is 11.0. The van der Waals surface area contributed by atoms with E-state index in [1.165, 1.54) is 11.8 Å². The maximum absolute atomic E-state index is 13.2. The Hall–Kier alpha value is -2.77. The van der Waals surface area contributed by atoms with E-state index < -0.39 is 5.92 Å². The van der Waals surface area contributed by atoms with Crippen molar-refractivity contribution in [2.75, 3.05) is 11.9 Å². The van der Waals surface area contributed by atoms with Gasteiger partial charge in [-0.2, -0.15) is 4.98 Å². The van der Waals surface area contributed by atoms with E-state index in [4.69, 9.17) is 16.3 Å². The van der Waals surface area contributed by atoms with Crippen LogP contribution in [0.25, 0.3) is 0 Å². The number of unbranched alkanes of at least 4 members (excludes halogenated alkanes) is 1. The number of nitrogens with one attached hydrogen (secondary N) is 1. The molecule has 1 amide bonds. The lowest BCUT2D eigenvalue weighted by atomic mass is 9.86. The van der Waals surface area contributed by atoms with Gasteiger partial charge in [0.25, 0.3) is 5.56 Å². The fraction of sp³-hybridized carbons (Fsp3) is 0.320. The van der Waals surface area contributed by atoms with Crippen molar-refractivity contribution in [3.63, 3.8) is 0 Å². The second kappa shape index (κ2) is 10.4. The van der Waals surface area contributed by atoms with Crippen LogP contribution < -0.4 is 15.6 Å². The summed E-state index contributed by atoms with van der Waals surface area (Å²) in [6.45, 7) is 2.70. The molecule has 2 heterocycles. The first kappa shape index (κ1) is 23.4. The Balaban J connectivity index is 1.69. The zero-order chi connectivity index (χ0) is 23.4. The van der Waals surface area contributed by atoms with Gasteiger partial charge in [0, 0.05) is 35.7 Å². The van der Waals surface area contributed by atoms with Gasteiger partial charge in [-0.25, -0.2) is 0 Å². The molecule has 0 fully saturated rings. The molecule has 2 aromatic carbocycles. The third kappa shape index (κ3) is 5.25. The molecule has 6 nitrogen and oxygen atoms in total. The van der Waals surface area contributed by atoms with Gasteiger partial charge < -0.3 is 14.6 Å². The number of benzene rings is 2. The van der Waals surface area contributed by atoms with Crippen molar-refractivity contribution < 1.29 is 9.53 Å². The number of fused-ring (bicyclic) bond motifs is 1. The summed E-state index contributed by atoms with van der Waals surface area (Å²) in [6.07, 6.45) is 2.14. The van der Waals surface area contributed by atoms with Gasteiger partial charge in [-0.15, -0.1) is 0 Å². The lowest BCUT2D eigenvalue weighted by Crippen LogP contribution is -2.33. The standard InChI is InChI=1S/C25H26ClN3O3S/c1-3-4-12-32-20-11-6-5-10-18(20)19-14-21(30)27-23-22(19)24(31)28-25(29(23)2)33-15-16-8-7-9-17(26)13-16/h5-11,13,19H,3-4,12,14-15H2,1-2H3,(H,27,30)/t19-/m0/s1. The number of carbonyl (C=O) groups is 1. The molecular weight excluding hydrogens is 458 g/mol. The van der Waals surface area contributed by atoms with E-state index in [0.717, 1.165) is 24.0 Å². The van der Waals surface area contributed by atoms with E-state index in [-0.39, 0.29) is 17.9 Å². The number of amides is 1. The normalized spacial score (nSPS) is 15.1. The lowest BCUT2D eigenvalue weighted by molar-refractivity contribution is -0.116. The van der Waals surface area contributed by atoms with Crippen molar-refractivity contribution in [3.05, 3.63) is 80.6 Å². The molecule has 0 saturated heterocycles. The highest BCUT2D eigenvalue weighted by atomic mass is 35.5. The van der Waals surface area contributed by atoms with E-state index in [0.29, 0.717) is 39.7 Å². The molecular formula is C25H26ClN3O3S. The van der Waals surface area contributed by atoms with Crippen molar-refractivity contribution in [2.24, 2.45) is 7.05 Å². The molecule has 0 radical (unpaired) electrons. The summed E-state index contributed by atoms with van der Waals surface area (Å²) in [5.74, 6) is 1.25. The van der Waals surface area contributed by atoms with E-state index in [1.807, 2.05) is 55.6 Å². The highest BCUT2D eigenvalue weighted by Crippen LogP contribution is 2.39. The topological polar surface area (TPSA) is 73.2 Å². The monoisotopic (exact) mass is 483 g/mol. The average Bonchev–Trinajstić information content (AvgIpc) is 2.80. The number of thioether (sulfide) groups is 1. The average molecular weight is 484 g/mol. The maximum Gasteiger partial charge on any atom is 0.279 e. The summed E-state index contributed by atoms with van der Waals surface area (Å²) in [7, 11) is 1.82. The van der Waals surface area contributed by atoms with Gasteiger partial charge in [0.15, 0.2) is 5.16 Å². The van der Waals surface area contributed by atoms with Crippen molar-refractivity contribution in [3.8, 4) is 5.75 Å². The minimum absolute atomic E-state index is 0.136. The number of hydrogen-bond acceptors (Lipinski definition) is 5. The van der Waals surface area contributed by atoms with Crippen LogP contribution in [0.3, 0.4) is 0 Å². The summed E-state index contributed by atoms with van der Waals surface area (Å²) in [5, 5.41) is 4.09. The molecule has 0 aliphatic carbocycles. The first-order valence-corrected chi connectivity index (χ1v) is 12.3. The van der Waals surface area contributed by atoms with Crippen LogP contribution in [-0.4, -0.2) is 22.1 Å². The van der Waals surface area contributed by atoms with Gasteiger partial charge in [0.2, 0.25) is 5.91 Å². The summed E-state index contributed by atoms with van der Waals surface area (Å²) in [5.41, 5.74) is 2.03. The van der Waals surface area contributed by atoms with Gasteiger partial charge >= 0.3 is 0 Å². The van der Waals surface area contributed by atoms with Crippen LogP contribution in [0.15, 0.2) is 58.5 Å². The molecule has 0 saturated carbocycles. The van der Waals surface area contributed by atoms with Crippen LogP contribution >= 0.6 is 23.4 Å². The van der Waals surface area contributed by atoms with E-state index in [1.54, 1.807) is 4.57 Å². The van der Waals surface area contributed by atoms with Gasteiger partial charge in [-0.05, 0) is 30.2 Å². The molecule has 1 aliphatic heterocycles. The maximum atomic E-state index is 13.2. The van der Waals surface area contributed by atoms with Gasteiger partial charge in [0.05, 0.1) is 12.2 Å². The van der Waals surface area contributed by atoms with E-state index in [9.17, 15) is 9.59 Å². The second-order valence-corrected chi connectivity index (χ2v) is 9.36. The molecule has 4 rings (SSSR count). The third-order valence-corrected chi connectivity index (χ3v) is 6.94. The van der Waals surface area contributed by atoms with Crippen molar-refractivity contribution in [2.45, 2.75) is 43.0 Å². The van der Waals surface area contributed by atoms with E-state index >= 15 is 0 Å². The molecule has 3 aromatic rings. The van der Waals surface area contributed by atoms with Crippen LogP contribution in [0.1, 0.15) is 48.8 Å². The zero-order valence-electron chi connectivity index (χ0n) is 18.6. The highest BCUT2D eigenvalue weighted by molar-refractivity contribution is 7.98. The van der Waals surface area contributed by atoms with Crippen LogP contribution in [0.5, 0.6) is 5.75 Å². The highest BCUT2D eigenvalue weighted by Gasteiger charge is 2.33. The molecule has 1 atom stereocenters. The lowest BCUT2D eigenvalue weighted by Gasteiger charge is -2.28. The van der Waals surface area contributed by atoms with Crippen LogP contribution in [0.4, 0.5) is 5.82 Å². The minimum Gasteiger partial charge on any atom is -0.493 e. The Morgan fingerprint density at radius 1 is 1.21 bits per heavy atom. The van der Waals surface area contributed by atoms with E-state index in [2.05, 4.69) is 17.2 Å². The Morgan fingerprint density at radius 2 is 2.03 bits per heavy atom. The number of nitrogens with zero attached hydrogens (tertiary/aromatic N) is 2. The molecule has 0 unspecified atom stereocenters. The summed E-state index contributed by atoms with van der Waals surface area (Å²) in [6, 6.07) is 15.2. The number of halogens is 1.